The molecule has 2 aliphatic heterocycles. The van der Waals surface area contributed by atoms with Crippen molar-refractivity contribution in [2.24, 2.45) is 11.8 Å². The molecule has 1 amide bonds. The zero-order valence-corrected chi connectivity index (χ0v) is 9.51. The maximum atomic E-state index is 12.0. The van der Waals surface area contributed by atoms with Crippen LogP contribution in [0.1, 0.15) is 6.42 Å². The minimum atomic E-state index is 0.0590. The summed E-state index contributed by atoms with van der Waals surface area (Å²) in [4.78, 5) is 19.2. The second kappa shape index (κ2) is 3.94. The molecule has 2 bridgehead atoms. The average Bonchev–Trinajstić information content (AvgIpc) is 2.27. The van der Waals surface area contributed by atoms with Gasteiger partial charge in [-0.05, 0) is 19.4 Å². The molecule has 1 fully saturated rings. The second-order valence-electron chi connectivity index (χ2n) is 4.44. The van der Waals surface area contributed by atoms with Gasteiger partial charge < -0.3 is 0 Å². The highest BCUT2D eigenvalue weighted by Crippen LogP contribution is 2.34. The van der Waals surface area contributed by atoms with Crippen LogP contribution < -0.4 is 0 Å². The third-order valence-electron chi connectivity index (χ3n) is 3.48. The van der Waals surface area contributed by atoms with Gasteiger partial charge in [0.25, 0.3) is 5.91 Å². The van der Waals surface area contributed by atoms with Crippen molar-refractivity contribution in [2.75, 3.05) is 27.7 Å². The van der Waals surface area contributed by atoms with Crippen LogP contribution in [-0.4, -0.2) is 49.7 Å². The number of hydroxylamine groups is 2. The van der Waals surface area contributed by atoms with Crippen molar-refractivity contribution in [1.82, 2.24) is 9.96 Å². The molecule has 2 heterocycles. The van der Waals surface area contributed by atoms with E-state index in [4.69, 9.17) is 4.84 Å². The summed E-state index contributed by atoms with van der Waals surface area (Å²) >= 11 is 0. The molecule has 15 heavy (non-hydrogen) atoms. The largest absolute Gasteiger partial charge is 0.299 e. The normalized spacial score (nSPS) is 34.5. The van der Waals surface area contributed by atoms with Gasteiger partial charge in [0, 0.05) is 19.6 Å². The van der Waals surface area contributed by atoms with E-state index in [9.17, 15) is 4.79 Å². The number of likely N-dealkylation sites (N-methyl/N-ethyl adjacent to an activating group) is 1. The van der Waals surface area contributed by atoms with Gasteiger partial charge in [0.15, 0.2) is 0 Å². The molecule has 0 saturated carbocycles. The monoisotopic (exact) mass is 210 g/mol. The first kappa shape index (κ1) is 10.6. The Kier molecular flexibility index (Phi) is 2.80. The van der Waals surface area contributed by atoms with E-state index in [2.05, 4.69) is 24.1 Å². The van der Waals surface area contributed by atoms with Crippen LogP contribution in [0.3, 0.4) is 0 Å². The molecule has 0 N–H and O–H groups in total. The molecule has 3 rings (SSSR count). The molecular formula is C11H18N2O2. The van der Waals surface area contributed by atoms with E-state index in [0.717, 1.165) is 13.0 Å². The third-order valence-corrected chi connectivity index (χ3v) is 3.48. The molecule has 3 atom stereocenters. The molecule has 0 aromatic heterocycles. The molecule has 4 nitrogen and oxygen atoms in total. The smallest absolute Gasteiger partial charge is 0.250 e. The number of fused-ring (bicyclic) bond motifs is 2. The highest BCUT2D eigenvalue weighted by Gasteiger charge is 2.40. The fraction of sp³-hybridized carbons (Fsp3) is 0.727. The third kappa shape index (κ3) is 1.79. The molecule has 0 aromatic rings. The first-order chi connectivity index (χ1) is 7.13. The first-order valence-corrected chi connectivity index (χ1v) is 5.33. The van der Waals surface area contributed by atoms with E-state index in [1.54, 1.807) is 7.05 Å². The summed E-state index contributed by atoms with van der Waals surface area (Å²) in [5, 5.41) is 1.34. The molecule has 3 aliphatic rings. The number of piperidine rings is 1. The number of hydrogen-bond donors (Lipinski definition) is 0. The maximum absolute atomic E-state index is 12.0. The zero-order chi connectivity index (χ0) is 11.0. The Morgan fingerprint density at radius 2 is 2.27 bits per heavy atom. The van der Waals surface area contributed by atoms with Crippen molar-refractivity contribution in [2.45, 2.75) is 12.5 Å². The van der Waals surface area contributed by atoms with Gasteiger partial charge in [-0.3, -0.25) is 14.5 Å². The quantitative estimate of drug-likeness (QED) is 0.492. The first-order valence-electron chi connectivity index (χ1n) is 5.33. The SMILES string of the molecule is CON(C)C(=O)C1CC2C=CC1N(C)C2. The van der Waals surface area contributed by atoms with E-state index in [1.807, 2.05) is 0 Å². The van der Waals surface area contributed by atoms with Crippen molar-refractivity contribution < 1.29 is 9.63 Å². The summed E-state index contributed by atoms with van der Waals surface area (Å²) in [7, 11) is 5.28. The van der Waals surface area contributed by atoms with Crippen LogP contribution in [0.25, 0.3) is 0 Å². The fourth-order valence-corrected chi connectivity index (χ4v) is 2.60. The number of carbonyl (C=O) groups excluding carboxylic acids is 1. The van der Waals surface area contributed by atoms with Crippen molar-refractivity contribution >= 4 is 5.91 Å². The van der Waals surface area contributed by atoms with Crippen LogP contribution in [0.15, 0.2) is 12.2 Å². The predicted molar refractivity (Wildman–Crippen MR) is 56.9 cm³/mol. The molecule has 3 unspecified atom stereocenters. The number of hydrogen-bond acceptors (Lipinski definition) is 3. The van der Waals surface area contributed by atoms with Gasteiger partial charge in [-0.2, -0.15) is 0 Å². The Morgan fingerprint density at radius 3 is 2.80 bits per heavy atom. The lowest BCUT2D eigenvalue weighted by Crippen LogP contribution is -2.53. The minimum Gasteiger partial charge on any atom is -0.299 e. The topological polar surface area (TPSA) is 32.8 Å². The summed E-state index contributed by atoms with van der Waals surface area (Å²) in [5.41, 5.74) is 0. The van der Waals surface area contributed by atoms with Crippen LogP contribution in [0.2, 0.25) is 0 Å². The second-order valence-corrected chi connectivity index (χ2v) is 4.44. The molecular weight excluding hydrogens is 192 g/mol. The number of nitrogens with zero attached hydrogens (tertiary/aromatic N) is 2. The highest BCUT2D eigenvalue weighted by atomic mass is 16.7. The Labute approximate surface area is 90.4 Å². The molecule has 0 radical (unpaired) electrons. The van der Waals surface area contributed by atoms with E-state index in [0.29, 0.717) is 5.92 Å². The fourth-order valence-electron chi connectivity index (χ4n) is 2.60. The molecule has 0 aromatic carbocycles. The van der Waals surface area contributed by atoms with Crippen molar-refractivity contribution in [3.8, 4) is 0 Å². The van der Waals surface area contributed by atoms with Crippen molar-refractivity contribution in [1.29, 1.82) is 0 Å². The Balaban J connectivity index is 2.12. The van der Waals surface area contributed by atoms with Gasteiger partial charge in [-0.1, -0.05) is 12.2 Å². The average molecular weight is 210 g/mol. The van der Waals surface area contributed by atoms with Crippen LogP contribution in [-0.2, 0) is 9.63 Å². The lowest BCUT2D eigenvalue weighted by Gasteiger charge is -2.44. The van der Waals surface area contributed by atoms with Crippen LogP contribution in [0, 0.1) is 11.8 Å². The van der Waals surface area contributed by atoms with E-state index < -0.39 is 0 Å². The van der Waals surface area contributed by atoms with E-state index >= 15 is 0 Å². The molecule has 1 saturated heterocycles. The molecule has 1 aliphatic carbocycles. The van der Waals surface area contributed by atoms with E-state index in [1.165, 1.54) is 12.2 Å². The number of carbonyl (C=O) groups is 1. The van der Waals surface area contributed by atoms with Crippen LogP contribution >= 0.6 is 0 Å². The minimum absolute atomic E-state index is 0.0590. The predicted octanol–water partition coefficient (Wildman–Crippen LogP) is 0.512. The number of amides is 1. The molecule has 4 heteroatoms. The standard InChI is InChI=1S/C11H18N2O2/c1-12-7-8-4-5-10(12)9(6-8)11(14)13(2)15-3/h4-5,8-10H,6-7H2,1-3H3. The highest BCUT2D eigenvalue weighted by molar-refractivity contribution is 5.79. The van der Waals surface area contributed by atoms with Gasteiger partial charge >= 0.3 is 0 Å². The number of rotatable bonds is 2. The summed E-state index contributed by atoms with van der Waals surface area (Å²) in [5.74, 6) is 0.673. The Hall–Kier alpha value is -0.870. The summed E-state index contributed by atoms with van der Waals surface area (Å²) in [6.45, 7) is 1.07. The maximum Gasteiger partial charge on any atom is 0.250 e. The van der Waals surface area contributed by atoms with Gasteiger partial charge in [0.05, 0.1) is 13.0 Å². The zero-order valence-electron chi connectivity index (χ0n) is 9.51. The van der Waals surface area contributed by atoms with Crippen LogP contribution in [0.4, 0.5) is 0 Å². The van der Waals surface area contributed by atoms with Gasteiger partial charge in [-0.15, -0.1) is 0 Å². The van der Waals surface area contributed by atoms with Gasteiger partial charge in [0.2, 0.25) is 0 Å². The van der Waals surface area contributed by atoms with Gasteiger partial charge in [0.1, 0.15) is 0 Å². The lowest BCUT2D eigenvalue weighted by molar-refractivity contribution is -0.177. The Morgan fingerprint density at radius 1 is 1.53 bits per heavy atom. The summed E-state index contributed by atoms with van der Waals surface area (Å²) < 4.78 is 0. The Bertz CT molecular complexity index is 290. The van der Waals surface area contributed by atoms with E-state index in [-0.39, 0.29) is 17.9 Å². The lowest BCUT2D eigenvalue weighted by atomic mass is 9.77. The summed E-state index contributed by atoms with van der Waals surface area (Å²) in [6, 6.07) is 0.250. The molecule has 84 valence electrons. The molecule has 0 spiro atoms. The van der Waals surface area contributed by atoms with Crippen molar-refractivity contribution in [3.63, 3.8) is 0 Å². The summed E-state index contributed by atoms with van der Waals surface area (Å²) in [6.07, 6.45) is 5.35. The van der Waals surface area contributed by atoms with Gasteiger partial charge in [-0.25, -0.2) is 5.06 Å². The van der Waals surface area contributed by atoms with Crippen LogP contribution in [0.5, 0.6) is 0 Å². The van der Waals surface area contributed by atoms with Crippen molar-refractivity contribution in [3.05, 3.63) is 12.2 Å².